The first kappa shape index (κ1) is 6.66. The van der Waals surface area contributed by atoms with Crippen molar-refractivity contribution in [2.45, 2.75) is 26.8 Å². The Kier molecular flexibility index (Phi) is 1.31. The van der Waals surface area contributed by atoms with Crippen LogP contribution in [-0.2, 0) is 0 Å². The summed E-state index contributed by atoms with van der Waals surface area (Å²) in [5, 5.41) is 0. The lowest BCUT2D eigenvalue weighted by Gasteiger charge is -2.22. The highest BCUT2D eigenvalue weighted by Crippen LogP contribution is 2.51. The Balaban J connectivity index is 1.89. The van der Waals surface area contributed by atoms with E-state index in [0.29, 0.717) is 0 Å². The second kappa shape index (κ2) is 1.97. The Morgan fingerprint density at radius 1 is 1.20 bits per heavy atom. The first-order valence-corrected chi connectivity index (χ1v) is 4.44. The largest absolute Gasteiger partial charge is 0.300 e. The van der Waals surface area contributed by atoms with E-state index in [1.54, 1.807) is 0 Å². The summed E-state index contributed by atoms with van der Waals surface area (Å²) in [7, 11) is 0. The standard InChI is InChI=1S/C9H17N/c1-6(2)10-4-8-7(3)9(8)5-10/h6-9H,4-5H2,1-3H3/t7-,8-,9+. The molecule has 1 heteroatoms. The monoisotopic (exact) mass is 139 g/mol. The van der Waals surface area contributed by atoms with Crippen LogP contribution in [0.5, 0.6) is 0 Å². The van der Waals surface area contributed by atoms with Crippen LogP contribution in [0.3, 0.4) is 0 Å². The number of rotatable bonds is 1. The molecular formula is C9H17N. The summed E-state index contributed by atoms with van der Waals surface area (Å²) in [6.07, 6.45) is 0. The van der Waals surface area contributed by atoms with E-state index in [1.807, 2.05) is 0 Å². The molecule has 1 nitrogen and oxygen atoms in total. The van der Waals surface area contributed by atoms with E-state index in [1.165, 1.54) is 13.1 Å². The summed E-state index contributed by atoms with van der Waals surface area (Å²) in [5.74, 6) is 3.19. The lowest BCUT2D eigenvalue weighted by atomic mass is 10.2. The molecule has 0 unspecified atom stereocenters. The number of hydrogen-bond acceptors (Lipinski definition) is 1. The van der Waals surface area contributed by atoms with E-state index in [9.17, 15) is 0 Å². The molecule has 10 heavy (non-hydrogen) atoms. The third kappa shape index (κ3) is 0.800. The molecule has 1 heterocycles. The van der Waals surface area contributed by atoms with Crippen molar-refractivity contribution < 1.29 is 0 Å². The van der Waals surface area contributed by atoms with Crippen LogP contribution in [0.2, 0.25) is 0 Å². The predicted octanol–water partition coefficient (Wildman–Crippen LogP) is 1.59. The topological polar surface area (TPSA) is 3.24 Å². The minimum Gasteiger partial charge on any atom is -0.300 e. The molecule has 0 N–H and O–H groups in total. The van der Waals surface area contributed by atoms with Crippen molar-refractivity contribution in [1.29, 1.82) is 0 Å². The van der Waals surface area contributed by atoms with E-state index in [4.69, 9.17) is 0 Å². The lowest BCUT2D eigenvalue weighted by molar-refractivity contribution is 0.236. The van der Waals surface area contributed by atoms with Crippen molar-refractivity contribution in [3.05, 3.63) is 0 Å². The van der Waals surface area contributed by atoms with Gasteiger partial charge in [-0.2, -0.15) is 0 Å². The van der Waals surface area contributed by atoms with E-state index in [0.717, 1.165) is 23.8 Å². The van der Waals surface area contributed by atoms with Crippen molar-refractivity contribution in [1.82, 2.24) is 4.90 Å². The predicted molar refractivity (Wildman–Crippen MR) is 42.9 cm³/mol. The summed E-state index contributed by atoms with van der Waals surface area (Å²) >= 11 is 0. The molecule has 0 amide bonds. The zero-order chi connectivity index (χ0) is 7.30. The molecule has 2 aliphatic rings. The fourth-order valence-electron chi connectivity index (χ4n) is 2.28. The van der Waals surface area contributed by atoms with Crippen LogP contribution in [0.15, 0.2) is 0 Å². The van der Waals surface area contributed by atoms with Crippen molar-refractivity contribution in [2.24, 2.45) is 17.8 Å². The van der Waals surface area contributed by atoms with Crippen LogP contribution in [0, 0.1) is 17.8 Å². The van der Waals surface area contributed by atoms with Gasteiger partial charge in [0.1, 0.15) is 0 Å². The Morgan fingerprint density at radius 3 is 2.10 bits per heavy atom. The van der Waals surface area contributed by atoms with Crippen LogP contribution in [0.25, 0.3) is 0 Å². The Bertz CT molecular complexity index is 130. The van der Waals surface area contributed by atoms with Crippen LogP contribution >= 0.6 is 0 Å². The maximum Gasteiger partial charge on any atom is 0.00388 e. The van der Waals surface area contributed by atoms with Gasteiger partial charge in [-0.15, -0.1) is 0 Å². The molecule has 1 saturated carbocycles. The van der Waals surface area contributed by atoms with Gasteiger partial charge >= 0.3 is 0 Å². The van der Waals surface area contributed by atoms with Crippen molar-refractivity contribution in [3.63, 3.8) is 0 Å². The van der Waals surface area contributed by atoms with Gasteiger partial charge in [-0.3, -0.25) is 0 Å². The van der Waals surface area contributed by atoms with Gasteiger partial charge in [-0.1, -0.05) is 6.92 Å². The van der Waals surface area contributed by atoms with Crippen LogP contribution in [0.1, 0.15) is 20.8 Å². The molecule has 2 fully saturated rings. The molecule has 0 aromatic carbocycles. The highest BCUT2D eigenvalue weighted by atomic mass is 15.2. The van der Waals surface area contributed by atoms with Crippen LogP contribution < -0.4 is 0 Å². The number of likely N-dealkylation sites (tertiary alicyclic amines) is 1. The Labute approximate surface area is 63.4 Å². The van der Waals surface area contributed by atoms with Gasteiger partial charge in [-0.05, 0) is 31.6 Å². The molecule has 0 bridgehead atoms. The van der Waals surface area contributed by atoms with Crippen LogP contribution in [0.4, 0.5) is 0 Å². The zero-order valence-electron chi connectivity index (χ0n) is 7.17. The number of piperidine rings is 1. The Morgan fingerprint density at radius 2 is 1.70 bits per heavy atom. The Hall–Kier alpha value is -0.0400. The minimum absolute atomic E-state index is 0.778. The number of nitrogens with zero attached hydrogens (tertiary/aromatic N) is 1. The maximum atomic E-state index is 2.61. The van der Waals surface area contributed by atoms with Gasteiger partial charge < -0.3 is 4.90 Å². The fraction of sp³-hybridized carbons (Fsp3) is 1.00. The third-order valence-electron chi connectivity index (χ3n) is 3.38. The second-order valence-corrected chi connectivity index (χ2v) is 4.23. The SMILES string of the molecule is CC(C)N1C[C@@H]2[C@@H](C)[C@@H]2C1. The third-order valence-corrected chi connectivity index (χ3v) is 3.38. The average Bonchev–Trinajstić information content (AvgIpc) is 2.38. The quantitative estimate of drug-likeness (QED) is 0.533. The smallest absolute Gasteiger partial charge is 0.00388 e. The molecule has 3 atom stereocenters. The van der Waals surface area contributed by atoms with Gasteiger partial charge in [0.25, 0.3) is 0 Å². The molecule has 1 aliphatic heterocycles. The first-order valence-electron chi connectivity index (χ1n) is 4.44. The van der Waals surface area contributed by atoms with E-state index in [-0.39, 0.29) is 0 Å². The lowest BCUT2D eigenvalue weighted by Crippen LogP contribution is -2.30. The minimum atomic E-state index is 0.778. The maximum absolute atomic E-state index is 2.61. The summed E-state index contributed by atoms with van der Waals surface area (Å²) in [5.41, 5.74) is 0. The highest BCUT2D eigenvalue weighted by molar-refractivity contribution is 5.03. The van der Waals surface area contributed by atoms with Crippen molar-refractivity contribution in [2.75, 3.05) is 13.1 Å². The molecule has 58 valence electrons. The fourth-order valence-corrected chi connectivity index (χ4v) is 2.28. The summed E-state index contributed by atoms with van der Waals surface area (Å²) in [6.45, 7) is 9.75. The second-order valence-electron chi connectivity index (χ2n) is 4.23. The molecule has 0 spiro atoms. The van der Waals surface area contributed by atoms with E-state index >= 15 is 0 Å². The zero-order valence-corrected chi connectivity index (χ0v) is 7.17. The molecule has 0 aromatic heterocycles. The van der Waals surface area contributed by atoms with Crippen LogP contribution in [-0.4, -0.2) is 24.0 Å². The molecule has 1 saturated heterocycles. The molecule has 0 aromatic rings. The number of fused-ring (bicyclic) bond motifs is 1. The van der Waals surface area contributed by atoms with E-state index < -0.39 is 0 Å². The van der Waals surface area contributed by atoms with Crippen molar-refractivity contribution in [3.8, 4) is 0 Å². The molecule has 1 aliphatic carbocycles. The summed E-state index contributed by atoms with van der Waals surface area (Å²) in [6, 6.07) is 0.778. The van der Waals surface area contributed by atoms with Gasteiger partial charge in [0, 0.05) is 19.1 Å². The molecule has 2 rings (SSSR count). The van der Waals surface area contributed by atoms with Gasteiger partial charge in [0.15, 0.2) is 0 Å². The number of hydrogen-bond donors (Lipinski definition) is 0. The van der Waals surface area contributed by atoms with Gasteiger partial charge in [-0.25, -0.2) is 0 Å². The summed E-state index contributed by atoms with van der Waals surface area (Å²) in [4.78, 5) is 2.61. The van der Waals surface area contributed by atoms with E-state index in [2.05, 4.69) is 25.7 Å². The highest BCUT2D eigenvalue weighted by Gasteiger charge is 2.52. The molecule has 0 radical (unpaired) electrons. The summed E-state index contributed by atoms with van der Waals surface area (Å²) < 4.78 is 0. The normalized spacial score (nSPS) is 46.2. The first-order chi connectivity index (χ1) is 4.70. The average molecular weight is 139 g/mol. The molecular weight excluding hydrogens is 122 g/mol. The van der Waals surface area contributed by atoms with Crippen molar-refractivity contribution >= 4 is 0 Å². The van der Waals surface area contributed by atoms with Gasteiger partial charge in [0.05, 0.1) is 0 Å². The van der Waals surface area contributed by atoms with Gasteiger partial charge in [0.2, 0.25) is 0 Å².